The van der Waals surface area contributed by atoms with Crippen LogP contribution in [0.1, 0.15) is 69.2 Å². The van der Waals surface area contributed by atoms with Gasteiger partial charge < -0.3 is 4.74 Å². The van der Waals surface area contributed by atoms with E-state index in [0.29, 0.717) is 20.8 Å². The van der Waals surface area contributed by atoms with Gasteiger partial charge in [0.05, 0.1) is 0 Å². The van der Waals surface area contributed by atoms with E-state index in [-0.39, 0.29) is 27.7 Å². The highest BCUT2D eigenvalue weighted by molar-refractivity contribution is 7.86. The molecule has 0 radical (unpaired) electrons. The Labute approximate surface area is 251 Å². The van der Waals surface area contributed by atoms with Crippen molar-refractivity contribution in [3.8, 4) is 0 Å². The van der Waals surface area contributed by atoms with Crippen LogP contribution < -0.4 is 0 Å². The molecule has 0 rings (SSSR count). The predicted molar refractivity (Wildman–Crippen MR) is 124 cm³/mol. The van der Waals surface area contributed by atoms with Gasteiger partial charge in [0, 0.05) is 23.2 Å². The van der Waals surface area contributed by atoms with Gasteiger partial charge >= 0.3 is 57.2 Å². The van der Waals surface area contributed by atoms with Gasteiger partial charge in [0.1, 0.15) is 5.60 Å². The van der Waals surface area contributed by atoms with E-state index < -0.39 is 106 Å². The molecule has 0 saturated carbocycles. The lowest BCUT2D eigenvalue weighted by atomic mass is 9.56. The molecule has 0 bridgehead atoms. The summed E-state index contributed by atoms with van der Waals surface area (Å²) in [6, 6.07) is 0. The van der Waals surface area contributed by atoms with Gasteiger partial charge in [-0.3, -0.25) is 9.29 Å². The van der Waals surface area contributed by atoms with Crippen molar-refractivity contribution < 1.29 is 97.1 Å². The lowest BCUT2D eigenvalue weighted by molar-refractivity contribution is -0.500. The maximum Gasteiger partial charge on any atom is 0.459 e. The Morgan fingerprint density at radius 1 is 0.500 bits per heavy atom. The van der Waals surface area contributed by atoms with E-state index in [1.54, 1.807) is 0 Å². The van der Waals surface area contributed by atoms with Gasteiger partial charge in [-0.2, -0.15) is 65.5 Å². The molecular formula is C23H31F17O5S. The molecule has 0 saturated heterocycles. The van der Waals surface area contributed by atoms with Crippen LogP contribution in [0.5, 0.6) is 0 Å². The van der Waals surface area contributed by atoms with Crippen molar-refractivity contribution in [2.24, 2.45) is 16.2 Å². The monoisotopic (exact) mass is 742 g/mol. The summed E-state index contributed by atoms with van der Waals surface area (Å²) in [6.45, 7) is -1.85. The van der Waals surface area contributed by atoms with E-state index in [0.717, 1.165) is 0 Å². The van der Waals surface area contributed by atoms with Crippen LogP contribution in [0.2, 0.25) is 0 Å². The van der Waals surface area contributed by atoms with E-state index in [1.807, 2.05) is 0 Å². The Bertz CT molecular complexity index is 1230. The molecule has 46 heavy (non-hydrogen) atoms. The summed E-state index contributed by atoms with van der Waals surface area (Å²) in [4.78, 5) is 0. The fourth-order valence-electron chi connectivity index (χ4n) is 4.13. The second kappa shape index (κ2) is 11.1. The SMILES string of the molecule is CC(C)(C)C(F)(F)C(F)(F)C(C)(C)C(C)(C)C(F)(OC(F)(F)C(F)(C(F)(F)F)C(C)(C)OC(F)(F)C(F)(F)S(=O)(=O)O)C(C)(F)F. The molecule has 0 amide bonds. The standard InChI is InChI=1S/C23H31F17O5S/c1-11(2,3)17(27,28)18(29,30)12(4,5)13(6,7)19(31,15(10,24)25)45-21(35,36)16(26,20(32,33)34)14(8,9)44-22(37,38)23(39,40)46(41,42)43/h1-10H3,(H,41,42,43). The van der Waals surface area contributed by atoms with Crippen molar-refractivity contribution >= 4 is 10.1 Å². The Hall–Kier alpha value is -1.36. The first-order valence-corrected chi connectivity index (χ1v) is 13.7. The first-order chi connectivity index (χ1) is 19.2. The fourth-order valence-corrected chi connectivity index (χ4v) is 4.47. The van der Waals surface area contributed by atoms with Crippen molar-refractivity contribution in [2.45, 2.75) is 128 Å². The number of hydrogen-bond acceptors (Lipinski definition) is 4. The van der Waals surface area contributed by atoms with Crippen LogP contribution in [0.25, 0.3) is 0 Å². The zero-order chi connectivity index (χ0) is 38.4. The molecule has 0 aliphatic heterocycles. The summed E-state index contributed by atoms with van der Waals surface area (Å²) < 4.78 is 285. The molecule has 0 fully saturated rings. The summed E-state index contributed by atoms with van der Waals surface area (Å²) >= 11 is 0. The van der Waals surface area contributed by atoms with E-state index in [1.165, 1.54) is 0 Å². The van der Waals surface area contributed by atoms with E-state index in [4.69, 9.17) is 4.55 Å². The summed E-state index contributed by atoms with van der Waals surface area (Å²) in [5, 5.41) is -7.02. The summed E-state index contributed by atoms with van der Waals surface area (Å²) in [5.74, 6) is -23.0. The Morgan fingerprint density at radius 3 is 1.11 bits per heavy atom. The Balaban J connectivity index is 7.78. The molecule has 278 valence electrons. The first kappa shape index (κ1) is 44.6. The lowest BCUT2D eigenvalue weighted by Crippen LogP contribution is -2.75. The lowest BCUT2D eigenvalue weighted by Gasteiger charge is -2.57. The minimum Gasteiger partial charge on any atom is -0.304 e. The number of alkyl halides is 17. The summed E-state index contributed by atoms with van der Waals surface area (Å²) in [7, 11) is -7.39. The molecule has 5 nitrogen and oxygen atoms in total. The van der Waals surface area contributed by atoms with Gasteiger partial charge in [-0.1, -0.05) is 48.5 Å². The second-order valence-corrected chi connectivity index (χ2v) is 14.5. The Kier molecular flexibility index (Phi) is 10.7. The minimum absolute atomic E-state index is 0.119. The number of rotatable bonds is 13. The molecule has 23 heteroatoms. The summed E-state index contributed by atoms with van der Waals surface area (Å²) in [5.41, 5.74) is -23.8. The van der Waals surface area contributed by atoms with Crippen LogP contribution in [0.3, 0.4) is 0 Å². The Morgan fingerprint density at radius 2 is 0.848 bits per heavy atom. The molecule has 2 atom stereocenters. The van der Waals surface area contributed by atoms with Gasteiger partial charge in [0.15, 0.2) is 0 Å². The van der Waals surface area contributed by atoms with Crippen molar-refractivity contribution in [3.63, 3.8) is 0 Å². The molecule has 0 aliphatic carbocycles. The number of ether oxygens (including phenoxy) is 2. The van der Waals surface area contributed by atoms with Gasteiger partial charge in [0.25, 0.3) is 5.85 Å². The minimum atomic E-state index is -7.53. The predicted octanol–water partition coefficient (Wildman–Crippen LogP) is 9.43. The molecule has 0 aromatic rings. The highest BCUT2D eigenvalue weighted by Gasteiger charge is 2.86. The third-order valence-electron chi connectivity index (χ3n) is 7.99. The maximum absolute atomic E-state index is 16.3. The molecular weight excluding hydrogens is 711 g/mol. The normalized spacial score (nSPS) is 19.1. The van der Waals surface area contributed by atoms with Crippen molar-refractivity contribution in [2.75, 3.05) is 0 Å². The molecule has 0 aromatic heterocycles. The van der Waals surface area contributed by atoms with Crippen LogP contribution in [0, 0.1) is 16.2 Å². The number of halogens is 17. The highest BCUT2D eigenvalue weighted by Crippen LogP contribution is 2.67. The zero-order valence-corrected chi connectivity index (χ0v) is 26.2. The average Bonchev–Trinajstić information content (AvgIpc) is 2.73. The van der Waals surface area contributed by atoms with Crippen LogP contribution in [0.4, 0.5) is 74.6 Å². The summed E-state index contributed by atoms with van der Waals surface area (Å²) in [6.07, 6.45) is -22.0. The van der Waals surface area contributed by atoms with Gasteiger partial charge in [0.2, 0.25) is 0 Å². The van der Waals surface area contributed by atoms with Crippen LogP contribution in [-0.4, -0.2) is 71.5 Å². The molecule has 0 aliphatic rings. The largest absolute Gasteiger partial charge is 0.459 e. The fraction of sp³-hybridized carbons (Fsp3) is 1.00. The van der Waals surface area contributed by atoms with Crippen LogP contribution in [0.15, 0.2) is 0 Å². The van der Waals surface area contributed by atoms with E-state index >= 15 is 26.3 Å². The van der Waals surface area contributed by atoms with Gasteiger partial charge in [-0.25, -0.2) is 17.6 Å². The van der Waals surface area contributed by atoms with Crippen LogP contribution in [-0.2, 0) is 19.6 Å². The highest BCUT2D eigenvalue weighted by atomic mass is 32.2. The van der Waals surface area contributed by atoms with Crippen LogP contribution >= 0.6 is 0 Å². The molecule has 0 heterocycles. The average molecular weight is 743 g/mol. The molecule has 1 N–H and O–H groups in total. The van der Waals surface area contributed by atoms with Gasteiger partial charge in [-0.05, 0) is 13.8 Å². The van der Waals surface area contributed by atoms with Crippen molar-refractivity contribution in [1.82, 2.24) is 0 Å². The second-order valence-electron chi connectivity index (χ2n) is 13.0. The molecule has 0 aromatic carbocycles. The van der Waals surface area contributed by atoms with E-state index in [2.05, 4.69) is 9.47 Å². The van der Waals surface area contributed by atoms with Crippen molar-refractivity contribution in [1.29, 1.82) is 0 Å². The van der Waals surface area contributed by atoms with Crippen molar-refractivity contribution in [3.05, 3.63) is 0 Å². The molecule has 0 spiro atoms. The quantitative estimate of drug-likeness (QED) is 0.151. The third-order valence-corrected chi connectivity index (χ3v) is 8.87. The van der Waals surface area contributed by atoms with Gasteiger partial charge in [-0.15, -0.1) is 0 Å². The first-order valence-electron chi connectivity index (χ1n) is 12.2. The maximum atomic E-state index is 16.3. The smallest absolute Gasteiger partial charge is 0.304 e. The van der Waals surface area contributed by atoms with E-state index in [9.17, 15) is 56.7 Å². The molecule has 2 unspecified atom stereocenters. The topological polar surface area (TPSA) is 72.8 Å². The third kappa shape index (κ3) is 6.15. The zero-order valence-electron chi connectivity index (χ0n) is 25.4. The number of hydrogen-bond donors (Lipinski definition) is 1.